The van der Waals surface area contributed by atoms with Gasteiger partial charge in [0, 0.05) is 25.7 Å². The van der Waals surface area contributed by atoms with Crippen LogP contribution in [0.25, 0.3) is 0 Å². The maximum absolute atomic E-state index is 12.5. The van der Waals surface area contributed by atoms with Crippen LogP contribution in [-0.2, 0) is 10.0 Å². The summed E-state index contributed by atoms with van der Waals surface area (Å²) in [6.07, 6.45) is 0. The largest absolute Gasteiger partial charge is 0.314 e. The van der Waals surface area contributed by atoms with E-state index in [1.165, 1.54) is 11.3 Å². The predicted molar refractivity (Wildman–Crippen MR) is 73.0 cm³/mol. The molecule has 2 rings (SSSR count). The lowest BCUT2D eigenvalue weighted by molar-refractivity contribution is 0.284. The molecular formula is C10H15BrN2O2S2. The number of halogens is 1. The topological polar surface area (TPSA) is 49.4 Å². The Hall–Kier alpha value is 0.0500. The number of nitrogens with zero attached hydrogens (tertiary/aromatic N) is 1. The Morgan fingerprint density at radius 2 is 2.29 bits per heavy atom. The van der Waals surface area contributed by atoms with Crippen molar-refractivity contribution in [1.82, 2.24) is 9.62 Å². The summed E-state index contributed by atoms with van der Waals surface area (Å²) in [5.74, 6) is 0. The first-order valence-electron chi connectivity index (χ1n) is 5.41. The average Bonchev–Trinajstić information content (AvgIpc) is 2.60. The molecule has 0 aliphatic carbocycles. The van der Waals surface area contributed by atoms with Crippen molar-refractivity contribution in [2.45, 2.75) is 24.1 Å². The number of piperazine rings is 1. The first-order chi connectivity index (χ1) is 7.93. The number of hydrogen-bond donors (Lipinski definition) is 1. The van der Waals surface area contributed by atoms with Gasteiger partial charge in [0.2, 0.25) is 0 Å². The Kier molecular flexibility index (Phi) is 3.94. The summed E-state index contributed by atoms with van der Waals surface area (Å²) >= 11 is 4.65. The number of hydrogen-bond acceptors (Lipinski definition) is 4. The molecule has 96 valence electrons. The van der Waals surface area contributed by atoms with Gasteiger partial charge in [0.25, 0.3) is 10.0 Å². The van der Waals surface area contributed by atoms with Gasteiger partial charge in [-0.05, 0) is 41.4 Å². The molecule has 1 N–H and O–H groups in total. The second-order valence-corrected chi connectivity index (χ2v) is 8.68. The minimum atomic E-state index is -3.33. The standard InChI is InChI=1S/C10H15BrN2O2S2/c1-7-5-9(16-10(7)11)17(14,15)13-4-3-12-6-8(13)2/h5,8,12H,3-4,6H2,1-2H3/t8-/m1/s1. The van der Waals surface area contributed by atoms with Crippen LogP contribution < -0.4 is 5.32 Å². The molecule has 1 aliphatic heterocycles. The highest BCUT2D eigenvalue weighted by atomic mass is 79.9. The van der Waals surface area contributed by atoms with Gasteiger partial charge < -0.3 is 5.32 Å². The van der Waals surface area contributed by atoms with E-state index in [1.807, 2.05) is 13.8 Å². The van der Waals surface area contributed by atoms with Crippen molar-refractivity contribution in [1.29, 1.82) is 0 Å². The predicted octanol–water partition coefficient (Wildman–Crippen LogP) is 1.80. The first kappa shape index (κ1) is 13.5. The van der Waals surface area contributed by atoms with Gasteiger partial charge in [-0.2, -0.15) is 4.31 Å². The fraction of sp³-hybridized carbons (Fsp3) is 0.600. The van der Waals surface area contributed by atoms with E-state index < -0.39 is 10.0 Å². The molecule has 4 nitrogen and oxygen atoms in total. The first-order valence-corrected chi connectivity index (χ1v) is 8.46. The molecule has 1 aromatic heterocycles. The van der Waals surface area contributed by atoms with E-state index in [4.69, 9.17) is 0 Å². The summed E-state index contributed by atoms with van der Waals surface area (Å²) in [4.78, 5) is 0. The summed E-state index contributed by atoms with van der Waals surface area (Å²) in [7, 11) is -3.33. The van der Waals surface area contributed by atoms with Gasteiger partial charge in [-0.1, -0.05) is 0 Å². The molecule has 2 heterocycles. The van der Waals surface area contributed by atoms with E-state index in [-0.39, 0.29) is 6.04 Å². The number of aryl methyl sites for hydroxylation is 1. The Bertz CT molecular complexity index is 493. The zero-order valence-electron chi connectivity index (χ0n) is 9.73. The SMILES string of the molecule is Cc1cc(S(=O)(=O)N2CCNC[C@H]2C)sc1Br. The van der Waals surface area contributed by atoms with Crippen molar-refractivity contribution in [3.8, 4) is 0 Å². The molecule has 0 radical (unpaired) electrons. The molecule has 7 heteroatoms. The summed E-state index contributed by atoms with van der Waals surface area (Å²) in [5.41, 5.74) is 0.969. The van der Waals surface area contributed by atoms with Crippen LogP contribution >= 0.6 is 27.3 Å². The summed E-state index contributed by atoms with van der Waals surface area (Å²) in [6, 6.07) is 1.74. The molecule has 0 aromatic carbocycles. The molecular weight excluding hydrogens is 324 g/mol. The molecule has 0 spiro atoms. The van der Waals surface area contributed by atoms with E-state index in [9.17, 15) is 8.42 Å². The minimum Gasteiger partial charge on any atom is -0.314 e. The Balaban J connectivity index is 2.35. The molecule has 0 amide bonds. The highest BCUT2D eigenvalue weighted by Crippen LogP contribution is 2.33. The normalized spacial score (nSPS) is 22.9. The maximum atomic E-state index is 12.5. The van der Waals surface area contributed by atoms with Crippen LogP contribution in [0.3, 0.4) is 0 Å². The Morgan fingerprint density at radius 1 is 1.59 bits per heavy atom. The second kappa shape index (κ2) is 4.97. The van der Waals surface area contributed by atoms with Crippen LogP contribution in [0.2, 0.25) is 0 Å². The molecule has 1 saturated heterocycles. The van der Waals surface area contributed by atoms with Crippen molar-refractivity contribution >= 4 is 37.3 Å². The highest BCUT2D eigenvalue weighted by Gasteiger charge is 2.32. The Labute approximate surface area is 114 Å². The summed E-state index contributed by atoms with van der Waals surface area (Å²) in [6.45, 7) is 5.80. The van der Waals surface area contributed by atoms with Gasteiger partial charge in [0.1, 0.15) is 4.21 Å². The number of thiophene rings is 1. The quantitative estimate of drug-likeness (QED) is 0.894. The molecule has 1 aliphatic rings. The van der Waals surface area contributed by atoms with Gasteiger partial charge in [0.15, 0.2) is 0 Å². The minimum absolute atomic E-state index is 0.00920. The maximum Gasteiger partial charge on any atom is 0.252 e. The van der Waals surface area contributed by atoms with Crippen molar-refractivity contribution < 1.29 is 8.42 Å². The molecule has 1 fully saturated rings. The Morgan fingerprint density at radius 3 is 2.82 bits per heavy atom. The van der Waals surface area contributed by atoms with Crippen molar-refractivity contribution in [2.75, 3.05) is 19.6 Å². The van der Waals surface area contributed by atoms with E-state index in [1.54, 1.807) is 10.4 Å². The molecule has 1 atom stereocenters. The van der Waals surface area contributed by atoms with Gasteiger partial charge >= 0.3 is 0 Å². The van der Waals surface area contributed by atoms with Crippen molar-refractivity contribution in [2.24, 2.45) is 0 Å². The van der Waals surface area contributed by atoms with E-state index in [0.717, 1.165) is 15.9 Å². The van der Waals surface area contributed by atoms with Gasteiger partial charge in [-0.15, -0.1) is 11.3 Å². The van der Waals surface area contributed by atoms with Gasteiger partial charge in [-0.3, -0.25) is 0 Å². The molecule has 17 heavy (non-hydrogen) atoms. The van der Waals surface area contributed by atoms with Crippen LogP contribution in [0.4, 0.5) is 0 Å². The number of sulfonamides is 1. The van der Waals surface area contributed by atoms with E-state index in [2.05, 4.69) is 21.2 Å². The van der Waals surface area contributed by atoms with E-state index >= 15 is 0 Å². The molecule has 0 bridgehead atoms. The molecule has 0 unspecified atom stereocenters. The zero-order chi connectivity index (χ0) is 12.6. The second-order valence-electron chi connectivity index (χ2n) is 4.19. The molecule has 0 saturated carbocycles. The van der Waals surface area contributed by atoms with Crippen molar-refractivity contribution in [3.63, 3.8) is 0 Å². The van der Waals surface area contributed by atoms with Crippen LogP contribution in [0, 0.1) is 6.92 Å². The third-order valence-corrected chi connectivity index (χ3v) is 7.44. The van der Waals surface area contributed by atoms with Gasteiger partial charge in [0.05, 0.1) is 3.79 Å². The van der Waals surface area contributed by atoms with Crippen LogP contribution in [0.15, 0.2) is 14.1 Å². The number of nitrogens with one attached hydrogen (secondary N) is 1. The van der Waals surface area contributed by atoms with Crippen molar-refractivity contribution in [3.05, 3.63) is 15.4 Å². The third-order valence-electron chi connectivity index (χ3n) is 2.84. The monoisotopic (exact) mass is 338 g/mol. The van der Waals surface area contributed by atoms with Crippen LogP contribution in [-0.4, -0.2) is 38.4 Å². The third kappa shape index (κ3) is 2.58. The molecule has 1 aromatic rings. The lowest BCUT2D eigenvalue weighted by Gasteiger charge is -2.32. The highest BCUT2D eigenvalue weighted by molar-refractivity contribution is 9.11. The van der Waals surface area contributed by atoms with Crippen LogP contribution in [0.5, 0.6) is 0 Å². The average molecular weight is 339 g/mol. The van der Waals surface area contributed by atoms with E-state index in [0.29, 0.717) is 17.3 Å². The summed E-state index contributed by atoms with van der Waals surface area (Å²) in [5, 5.41) is 3.19. The van der Waals surface area contributed by atoms with Crippen LogP contribution in [0.1, 0.15) is 12.5 Å². The lowest BCUT2D eigenvalue weighted by Crippen LogP contribution is -2.51. The fourth-order valence-corrected chi connectivity index (χ4v) is 5.84. The zero-order valence-corrected chi connectivity index (χ0v) is 13.0. The lowest BCUT2D eigenvalue weighted by atomic mass is 10.3. The fourth-order valence-electron chi connectivity index (χ4n) is 1.85. The number of rotatable bonds is 2. The summed E-state index contributed by atoms with van der Waals surface area (Å²) < 4.78 is 27.8. The smallest absolute Gasteiger partial charge is 0.252 e. The van der Waals surface area contributed by atoms with Gasteiger partial charge in [-0.25, -0.2) is 8.42 Å².